The summed E-state index contributed by atoms with van der Waals surface area (Å²) in [6.45, 7) is 7.45. The van der Waals surface area contributed by atoms with Crippen molar-refractivity contribution in [3.8, 4) is 0 Å². The Bertz CT molecular complexity index is 791. The number of nitrogens with one attached hydrogen (secondary N) is 2. The predicted molar refractivity (Wildman–Crippen MR) is 96.4 cm³/mol. The van der Waals surface area contributed by atoms with Gasteiger partial charge in [-0.3, -0.25) is 14.9 Å². The summed E-state index contributed by atoms with van der Waals surface area (Å²) in [5.41, 5.74) is 1.50. The van der Waals surface area contributed by atoms with Crippen LogP contribution in [0, 0.1) is 15.9 Å². The third-order valence-corrected chi connectivity index (χ3v) is 4.40. The van der Waals surface area contributed by atoms with E-state index in [1.165, 1.54) is 11.0 Å². The summed E-state index contributed by atoms with van der Waals surface area (Å²) in [4.78, 5) is 23.7. The van der Waals surface area contributed by atoms with Gasteiger partial charge in [0.15, 0.2) is 0 Å². The number of nitro groups is 1. The van der Waals surface area contributed by atoms with E-state index in [4.69, 9.17) is 0 Å². The summed E-state index contributed by atoms with van der Waals surface area (Å²) in [6.07, 6.45) is 0. The monoisotopic (exact) mass is 360 g/mol. The molecule has 7 heteroatoms. The summed E-state index contributed by atoms with van der Waals surface area (Å²) < 4.78 is 13.4. The highest BCUT2D eigenvalue weighted by molar-refractivity contribution is 5.94. The van der Waals surface area contributed by atoms with Crippen LogP contribution in [-0.4, -0.2) is 23.9 Å². The third-order valence-electron chi connectivity index (χ3n) is 4.40. The standard InChI is InChI=1S/C19H22FN3O3/c1-3-22(4-2)13-16-8-6-5-7-15(16)12-21-19(24)14-9-10-17(20)18(11-14)23(25)26/h5-11H,3-4,12-13H2,1-2H3,(H,21,24)/p+1. The van der Waals surface area contributed by atoms with Crippen LogP contribution in [0.25, 0.3) is 0 Å². The maximum Gasteiger partial charge on any atom is 0.305 e. The minimum Gasteiger partial charge on any atom is -0.348 e. The highest BCUT2D eigenvalue weighted by atomic mass is 19.1. The van der Waals surface area contributed by atoms with Gasteiger partial charge in [-0.25, -0.2) is 0 Å². The average molecular weight is 360 g/mol. The quantitative estimate of drug-likeness (QED) is 0.559. The van der Waals surface area contributed by atoms with E-state index in [-0.39, 0.29) is 5.56 Å². The SMILES string of the molecule is CC[NH+](CC)Cc1ccccc1CNC(=O)c1ccc(F)c([N+](=O)[O-])c1. The Labute approximate surface area is 151 Å². The van der Waals surface area contributed by atoms with Crippen molar-refractivity contribution in [2.75, 3.05) is 13.1 Å². The zero-order valence-corrected chi connectivity index (χ0v) is 14.9. The lowest BCUT2D eigenvalue weighted by Crippen LogP contribution is -3.10. The van der Waals surface area contributed by atoms with E-state index < -0.39 is 22.3 Å². The zero-order chi connectivity index (χ0) is 19.1. The number of hydrogen-bond acceptors (Lipinski definition) is 3. The Balaban J connectivity index is 2.10. The number of nitrogens with zero attached hydrogens (tertiary/aromatic N) is 1. The summed E-state index contributed by atoms with van der Waals surface area (Å²) in [7, 11) is 0. The van der Waals surface area contributed by atoms with Gasteiger partial charge in [-0.05, 0) is 31.5 Å². The average Bonchev–Trinajstić information content (AvgIpc) is 2.65. The molecule has 6 nitrogen and oxygen atoms in total. The van der Waals surface area contributed by atoms with E-state index in [9.17, 15) is 19.3 Å². The van der Waals surface area contributed by atoms with Gasteiger partial charge in [0.1, 0.15) is 6.54 Å². The van der Waals surface area contributed by atoms with Crippen LogP contribution in [0.1, 0.15) is 35.3 Å². The molecule has 0 heterocycles. The van der Waals surface area contributed by atoms with Crippen molar-refractivity contribution >= 4 is 11.6 Å². The fraction of sp³-hybridized carbons (Fsp3) is 0.316. The summed E-state index contributed by atoms with van der Waals surface area (Å²) in [6, 6.07) is 11.0. The second-order valence-electron chi connectivity index (χ2n) is 6.01. The van der Waals surface area contributed by atoms with Crippen LogP contribution in [0.4, 0.5) is 10.1 Å². The van der Waals surface area contributed by atoms with Gasteiger partial charge in [-0.1, -0.05) is 24.3 Å². The van der Waals surface area contributed by atoms with Gasteiger partial charge in [-0.15, -0.1) is 0 Å². The molecule has 0 aliphatic heterocycles. The number of nitro benzene ring substituents is 1. The Hall–Kier alpha value is -2.80. The normalized spacial score (nSPS) is 10.8. The molecule has 1 amide bonds. The van der Waals surface area contributed by atoms with Gasteiger partial charge >= 0.3 is 5.69 Å². The molecular formula is C19H23FN3O3+. The second-order valence-corrected chi connectivity index (χ2v) is 6.01. The minimum atomic E-state index is -0.959. The first-order chi connectivity index (χ1) is 12.5. The van der Waals surface area contributed by atoms with Crippen LogP contribution in [0.3, 0.4) is 0 Å². The largest absolute Gasteiger partial charge is 0.348 e. The molecule has 0 fully saturated rings. The molecule has 0 saturated carbocycles. The number of quaternary nitrogens is 1. The number of benzene rings is 2. The highest BCUT2D eigenvalue weighted by Gasteiger charge is 2.18. The summed E-state index contributed by atoms with van der Waals surface area (Å²) in [5, 5.41) is 13.6. The molecule has 0 saturated heterocycles. The molecule has 2 rings (SSSR count). The van der Waals surface area contributed by atoms with E-state index in [2.05, 4.69) is 19.2 Å². The fourth-order valence-electron chi connectivity index (χ4n) is 2.74. The van der Waals surface area contributed by atoms with E-state index in [1.54, 1.807) is 0 Å². The number of halogens is 1. The molecule has 0 radical (unpaired) electrons. The number of carbonyl (C=O) groups excluding carboxylic acids is 1. The van der Waals surface area contributed by atoms with Crippen molar-refractivity contribution < 1.29 is 19.0 Å². The van der Waals surface area contributed by atoms with E-state index >= 15 is 0 Å². The molecule has 138 valence electrons. The molecule has 0 aromatic heterocycles. The molecule has 0 spiro atoms. The van der Waals surface area contributed by atoms with Crippen molar-refractivity contribution in [1.82, 2.24) is 5.32 Å². The summed E-state index contributed by atoms with van der Waals surface area (Å²) >= 11 is 0. The summed E-state index contributed by atoms with van der Waals surface area (Å²) in [5.74, 6) is -1.43. The maximum absolute atomic E-state index is 13.4. The molecule has 0 aliphatic carbocycles. The lowest BCUT2D eigenvalue weighted by atomic mass is 10.1. The van der Waals surface area contributed by atoms with Crippen LogP contribution in [0.2, 0.25) is 0 Å². The van der Waals surface area contributed by atoms with Gasteiger partial charge in [-0.2, -0.15) is 4.39 Å². The highest BCUT2D eigenvalue weighted by Crippen LogP contribution is 2.18. The Morgan fingerprint density at radius 3 is 2.42 bits per heavy atom. The van der Waals surface area contributed by atoms with Gasteiger partial charge in [0, 0.05) is 23.7 Å². The molecule has 2 aromatic rings. The fourth-order valence-corrected chi connectivity index (χ4v) is 2.74. The van der Waals surface area contributed by atoms with Crippen molar-refractivity contribution in [3.05, 3.63) is 75.1 Å². The van der Waals surface area contributed by atoms with Gasteiger partial charge in [0.05, 0.1) is 18.0 Å². The van der Waals surface area contributed by atoms with Crippen molar-refractivity contribution in [1.29, 1.82) is 0 Å². The predicted octanol–water partition coefficient (Wildman–Crippen LogP) is 2.09. The van der Waals surface area contributed by atoms with Crippen molar-refractivity contribution in [3.63, 3.8) is 0 Å². The zero-order valence-electron chi connectivity index (χ0n) is 14.9. The first kappa shape index (κ1) is 19.5. The van der Waals surface area contributed by atoms with Crippen LogP contribution in [0.5, 0.6) is 0 Å². The van der Waals surface area contributed by atoms with Crippen molar-refractivity contribution in [2.45, 2.75) is 26.9 Å². The van der Waals surface area contributed by atoms with E-state index in [1.807, 2.05) is 24.3 Å². The maximum atomic E-state index is 13.4. The van der Waals surface area contributed by atoms with Gasteiger partial charge in [0.25, 0.3) is 5.91 Å². The lowest BCUT2D eigenvalue weighted by molar-refractivity contribution is -0.910. The van der Waals surface area contributed by atoms with Gasteiger partial charge < -0.3 is 10.2 Å². The molecule has 2 aromatic carbocycles. The molecule has 0 bridgehead atoms. The molecule has 26 heavy (non-hydrogen) atoms. The van der Waals surface area contributed by atoms with Crippen LogP contribution in [0.15, 0.2) is 42.5 Å². The first-order valence-corrected chi connectivity index (χ1v) is 8.58. The number of hydrogen-bond donors (Lipinski definition) is 2. The first-order valence-electron chi connectivity index (χ1n) is 8.58. The van der Waals surface area contributed by atoms with E-state index in [0.717, 1.165) is 42.9 Å². The molecule has 0 atom stereocenters. The Morgan fingerprint density at radius 2 is 1.81 bits per heavy atom. The second kappa shape index (κ2) is 9.05. The molecular weight excluding hydrogens is 337 g/mol. The molecule has 0 aliphatic rings. The minimum absolute atomic E-state index is 0.0601. The molecule has 2 N–H and O–H groups in total. The van der Waals surface area contributed by atoms with Crippen LogP contribution >= 0.6 is 0 Å². The van der Waals surface area contributed by atoms with Crippen molar-refractivity contribution in [2.24, 2.45) is 0 Å². The smallest absolute Gasteiger partial charge is 0.305 e. The third kappa shape index (κ3) is 4.86. The molecule has 0 unspecified atom stereocenters. The number of rotatable bonds is 8. The number of carbonyl (C=O) groups is 1. The Kier molecular flexibility index (Phi) is 6.80. The van der Waals surface area contributed by atoms with Gasteiger partial charge in [0.2, 0.25) is 5.82 Å². The van der Waals surface area contributed by atoms with Crippen LogP contribution in [-0.2, 0) is 13.1 Å². The Morgan fingerprint density at radius 1 is 1.15 bits per heavy atom. The number of amides is 1. The topological polar surface area (TPSA) is 76.7 Å². The van der Waals surface area contributed by atoms with Crippen LogP contribution < -0.4 is 10.2 Å². The lowest BCUT2D eigenvalue weighted by Gasteiger charge is -2.18. The van der Waals surface area contributed by atoms with E-state index in [0.29, 0.717) is 6.54 Å².